The minimum Gasteiger partial charge on any atom is -0.437 e. The Morgan fingerprint density at radius 3 is 0.918 bits per heavy atom. The molecule has 0 spiro atoms. The molecular weight excluding hydrogens is 1790 g/mol. The molecule has 0 saturated heterocycles. The zero-order valence-corrected chi connectivity index (χ0v) is 88.9. The molecule has 6 aliphatic rings. The van der Waals surface area contributed by atoms with Crippen molar-refractivity contribution in [3.8, 4) is 56.3 Å². The second kappa shape index (κ2) is 41.5. The first-order valence-electron chi connectivity index (χ1n) is 55.1. The van der Waals surface area contributed by atoms with E-state index in [4.69, 9.17) is 42.0 Å². The van der Waals surface area contributed by atoms with Crippen molar-refractivity contribution in [2.24, 2.45) is 41.2 Å². The summed E-state index contributed by atoms with van der Waals surface area (Å²) in [4.78, 5) is 24.0. The van der Waals surface area contributed by atoms with Crippen LogP contribution in [0.4, 0.5) is 0 Å². The van der Waals surface area contributed by atoms with E-state index in [1.807, 2.05) is 6.92 Å². The van der Waals surface area contributed by atoms with Crippen molar-refractivity contribution in [1.29, 1.82) is 0 Å². The van der Waals surface area contributed by atoms with Gasteiger partial charge in [-0.2, -0.15) is 0 Å². The molecule has 20 aromatic rings. The molecule has 15 heteroatoms. The molecule has 0 atom stereocenters. The average Bonchev–Trinajstić information content (AvgIpc) is 1.61. The molecule has 0 unspecified atom stereocenters. The molecule has 0 aliphatic heterocycles. The molecule has 6 saturated carbocycles. The van der Waals surface area contributed by atoms with Gasteiger partial charge >= 0.3 is 0 Å². The monoisotopic (exact) mass is 1940 g/mol. The van der Waals surface area contributed by atoms with Crippen molar-refractivity contribution in [1.82, 2.24) is 24.9 Å². The van der Waals surface area contributed by atoms with Gasteiger partial charge in [0, 0.05) is 148 Å². The quantitative estimate of drug-likeness (QED) is 0.0908. The number of fused-ring (bicyclic) bond motifs is 15. The summed E-state index contributed by atoms with van der Waals surface area (Å²) < 4.78 is 43.2. The van der Waals surface area contributed by atoms with E-state index in [2.05, 4.69) is 345 Å². The Labute approximate surface area is 860 Å². The van der Waals surface area contributed by atoms with Gasteiger partial charge in [-0.15, -0.1) is 0 Å². The van der Waals surface area contributed by atoms with E-state index in [-0.39, 0.29) is 0 Å². The highest BCUT2D eigenvalue weighted by Gasteiger charge is 2.34. The second-order valence-electron chi connectivity index (χ2n) is 44.6. The van der Waals surface area contributed by atoms with Crippen molar-refractivity contribution < 1.29 is 44.9 Å². The fourth-order valence-corrected chi connectivity index (χ4v) is 25.3. The number of aryl methyl sites for hydroxylation is 12. The molecule has 15 nitrogen and oxygen atoms in total. The molecule has 0 radical (unpaired) electrons. The Morgan fingerprint density at radius 1 is 0.267 bits per heavy atom. The summed E-state index contributed by atoms with van der Waals surface area (Å²) in [5, 5.41) is 11.3. The lowest BCUT2D eigenvalue weighted by Gasteiger charge is -2.20. The number of rotatable bonds is 15. The standard InChI is InChI=1S/C29H33N2O.C27H31N2O.C26H29N2O.C25H27N2O.C24H25N2O/c1-19-12-14-23-24-15-16-25(21-10-4-3-5-11-21)30-29(24)32-28(23)27(19)26-17-13-22(18-31(26)2)20-8-6-7-9-20;1-17(2)15-21-10-12-23-22-11-9-18(3)25(26(22)30-27(23)28-21)24-16-20(13-14-29(24)4)19-7-5-6-8-19;1-16(2)22-12-11-21-20-10-9-17(3)24(25(20)29-26(21)27-22)23-15-19(13-14-28(23)4)18-7-5-6-8-18;1-4-19-10-12-21-20-11-9-16(2)23(24(20)28-25(21)26-19)22-15-18(13-14-27(22)3)17-7-5-6-8-17;1-15-8-10-19-20-11-9-16(2)25-24(20)27-23(19)22(15)21-14-18(12-13-26(21)3)17-6-4-5-7-17/h12-18,20-21H,3-11H2,1-2H3;9-14,16-17,19H,5-8,15H2,1-4H3;9-16,18H,5-8H2,1-4H3;9-15,17H,4-8H2,1-3H3;8-14,17H,4-7H2,1-3H3/q5*+1. The summed E-state index contributed by atoms with van der Waals surface area (Å²) in [5.74, 6) is 5.06. The van der Waals surface area contributed by atoms with Crippen LogP contribution in [0.2, 0.25) is 0 Å². The Hall–Kier alpha value is -13.4. The Morgan fingerprint density at radius 2 is 0.562 bits per heavy atom. The maximum absolute atomic E-state index is 6.51. The minimum atomic E-state index is 0.384. The molecule has 5 aromatic carbocycles. The highest BCUT2D eigenvalue weighted by Crippen LogP contribution is 2.48. The molecule has 26 rings (SSSR count). The van der Waals surface area contributed by atoms with E-state index in [1.165, 1.54) is 284 Å². The zero-order chi connectivity index (χ0) is 100. The van der Waals surface area contributed by atoms with Crippen LogP contribution in [0.3, 0.4) is 0 Å². The summed E-state index contributed by atoms with van der Waals surface area (Å²) in [6.45, 7) is 23.8. The third-order valence-corrected chi connectivity index (χ3v) is 33.7. The molecule has 15 heterocycles. The van der Waals surface area contributed by atoms with Crippen molar-refractivity contribution in [3.63, 3.8) is 0 Å². The summed E-state index contributed by atoms with van der Waals surface area (Å²) >= 11 is 0. The number of nitrogens with zero attached hydrogens (tertiary/aromatic N) is 10. The van der Waals surface area contributed by atoms with Crippen LogP contribution < -0.4 is 22.8 Å². The summed E-state index contributed by atoms with van der Waals surface area (Å²) in [7, 11) is 10.7. The van der Waals surface area contributed by atoms with E-state index in [1.54, 1.807) is 0 Å². The van der Waals surface area contributed by atoms with Crippen molar-refractivity contribution in [2.75, 3.05) is 0 Å². The van der Waals surface area contributed by atoms with Gasteiger partial charge in [-0.25, -0.2) is 47.8 Å². The number of hydrogen-bond acceptors (Lipinski definition) is 10. The first-order valence-corrected chi connectivity index (χ1v) is 55.1. The topological polar surface area (TPSA) is 150 Å². The molecule has 0 amide bonds. The van der Waals surface area contributed by atoms with Crippen molar-refractivity contribution in [2.45, 2.75) is 291 Å². The predicted molar refractivity (Wildman–Crippen MR) is 593 cm³/mol. The second-order valence-corrected chi connectivity index (χ2v) is 44.6. The highest BCUT2D eigenvalue weighted by atomic mass is 16.4. The van der Waals surface area contributed by atoms with Crippen LogP contribution in [0.15, 0.2) is 235 Å². The number of aromatic nitrogens is 10. The van der Waals surface area contributed by atoms with E-state index in [9.17, 15) is 0 Å². The van der Waals surface area contributed by atoms with Crippen LogP contribution in [-0.2, 0) is 48.1 Å². The van der Waals surface area contributed by atoms with Gasteiger partial charge in [0.25, 0.3) is 0 Å². The lowest BCUT2D eigenvalue weighted by atomic mass is 9.86. The molecule has 6 fully saturated rings. The molecule has 744 valence electrons. The Bertz CT molecular complexity index is 8330. The van der Waals surface area contributed by atoms with E-state index in [0.29, 0.717) is 41.4 Å². The van der Waals surface area contributed by atoms with E-state index < -0.39 is 0 Å². The normalized spacial score (nSPS) is 15.8. The maximum Gasteiger partial charge on any atom is 0.227 e. The first kappa shape index (κ1) is 97.3. The number of benzene rings is 5. The van der Waals surface area contributed by atoms with Crippen LogP contribution in [-0.4, -0.2) is 24.9 Å². The van der Waals surface area contributed by atoms with Gasteiger partial charge in [-0.1, -0.05) is 179 Å². The van der Waals surface area contributed by atoms with Crippen molar-refractivity contribution in [3.05, 3.63) is 297 Å². The third-order valence-electron chi connectivity index (χ3n) is 33.7. The number of furan rings is 5. The van der Waals surface area contributed by atoms with Gasteiger partial charge in [0.2, 0.25) is 57.0 Å². The first-order chi connectivity index (χ1) is 71.0. The number of hydrogen-bond donors (Lipinski definition) is 0. The van der Waals surface area contributed by atoms with Gasteiger partial charge in [0.05, 0.1) is 27.8 Å². The van der Waals surface area contributed by atoms with E-state index >= 15 is 0 Å². The molecule has 146 heavy (non-hydrogen) atoms. The average molecular weight is 1940 g/mol. The minimum absolute atomic E-state index is 0.384. The zero-order valence-electron chi connectivity index (χ0n) is 88.9. The Balaban J connectivity index is 0.000000104. The summed E-state index contributed by atoms with van der Waals surface area (Å²) in [6.07, 6.45) is 46.2. The van der Waals surface area contributed by atoms with Gasteiger partial charge in [0.15, 0.2) is 58.9 Å². The van der Waals surface area contributed by atoms with Gasteiger partial charge in [0.1, 0.15) is 35.2 Å². The Kier molecular flexibility index (Phi) is 27.7. The van der Waals surface area contributed by atoms with Crippen LogP contribution in [0, 0.1) is 47.5 Å². The molecule has 0 N–H and O–H groups in total. The molecule has 6 aliphatic carbocycles. The third kappa shape index (κ3) is 19.1. The molecule has 15 aromatic heterocycles. The largest absolute Gasteiger partial charge is 0.437 e. The molecular formula is C131H145N10O5+5. The van der Waals surface area contributed by atoms with E-state index in [0.717, 1.165) is 146 Å². The lowest BCUT2D eigenvalue weighted by Crippen LogP contribution is -2.31. The van der Waals surface area contributed by atoms with Crippen LogP contribution in [0.5, 0.6) is 0 Å². The summed E-state index contributed by atoms with van der Waals surface area (Å²) in [5.41, 5.74) is 39.5. The van der Waals surface area contributed by atoms with Crippen molar-refractivity contribution >= 4 is 110 Å². The molecule has 0 bridgehead atoms. The smallest absolute Gasteiger partial charge is 0.227 e. The van der Waals surface area contributed by atoms with Crippen LogP contribution in [0.1, 0.15) is 321 Å². The fraction of sp³-hybridized carbons (Fsp3) is 0.389. The number of pyridine rings is 10. The van der Waals surface area contributed by atoms with Crippen LogP contribution >= 0.6 is 0 Å². The maximum atomic E-state index is 6.51. The van der Waals surface area contributed by atoms with Gasteiger partial charge in [-0.05, 0) is 290 Å². The van der Waals surface area contributed by atoms with Gasteiger partial charge < -0.3 is 22.1 Å². The van der Waals surface area contributed by atoms with Gasteiger partial charge in [-0.3, -0.25) is 0 Å². The highest BCUT2D eigenvalue weighted by molar-refractivity contribution is 6.13. The summed E-state index contributed by atoms with van der Waals surface area (Å²) in [6, 6.07) is 66.9. The predicted octanol–water partition coefficient (Wildman–Crippen LogP) is 32.4. The SMILES string of the molecule is CCc1ccc2c(n1)oc1c(-c3cc(C4CCCC4)cc[n+]3C)c(C)ccc12.Cc1ccc2c(n1)oc1c(-c3cc(C4CCCC4)cc[n+]3C)c(C)ccc12.Cc1ccc2c(oc3nc(C(C)C)ccc32)c1-c1cc(C2CCCC2)cc[n+]1C.Cc1ccc2c(oc3nc(C4CCCCC4)ccc32)c1-c1ccc(C2CCCC2)c[n+]1C.Cc1ccc2c(oc3nc(CC(C)C)ccc32)c1-c1cc(C2CCCC2)cc[n+]1C. The fourth-order valence-electron chi connectivity index (χ4n) is 25.3. The van der Waals surface area contributed by atoms with Crippen LogP contribution in [0.25, 0.3) is 167 Å². The lowest BCUT2D eigenvalue weighted by molar-refractivity contribution is -0.660.